The number of nitrogens with one attached hydrogen (secondary N) is 2. The minimum absolute atomic E-state index is 0.0683. The average molecular weight is 265 g/mol. The Morgan fingerprint density at radius 2 is 2.00 bits per heavy atom. The van der Waals surface area contributed by atoms with Gasteiger partial charge in [-0.25, -0.2) is 0 Å². The van der Waals surface area contributed by atoms with Crippen molar-refractivity contribution in [3.05, 3.63) is 33.4 Å². The SMILES string of the molecule is CNCC(C)C(=O)Nc1cc(C)c([N+](=O)[O-])cc1C. The molecule has 0 heterocycles. The van der Waals surface area contributed by atoms with Crippen molar-refractivity contribution in [1.82, 2.24) is 5.32 Å². The van der Waals surface area contributed by atoms with E-state index in [2.05, 4.69) is 10.6 Å². The minimum atomic E-state index is -0.419. The Bertz CT molecular complexity index is 500. The van der Waals surface area contributed by atoms with Gasteiger partial charge in [0.25, 0.3) is 5.69 Å². The number of amides is 1. The number of aryl methyl sites for hydroxylation is 2. The largest absolute Gasteiger partial charge is 0.326 e. The second-order valence-electron chi connectivity index (χ2n) is 4.66. The van der Waals surface area contributed by atoms with Gasteiger partial charge in [-0.3, -0.25) is 14.9 Å². The molecule has 0 fully saturated rings. The van der Waals surface area contributed by atoms with Gasteiger partial charge in [0, 0.05) is 29.8 Å². The zero-order chi connectivity index (χ0) is 14.6. The van der Waals surface area contributed by atoms with E-state index < -0.39 is 4.92 Å². The number of rotatable bonds is 5. The highest BCUT2D eigenvalue weighted by Gasteiger charge is 2.17. The fraction of sp³-hybridized carbons (Fsp3) is 0.462. The molecule has 6 nitrogen and oxygen atoms in total. The molecule has 0 aliphatic heterocycles. The lowest BCUT2D eigenvalue weighted by atomic mass is 10.1. The number of benzene rings is 1. The topological polar surface area (TPSA) is 84.3 Å². The van der Waals surface area contributed by atoms with Gasteiger partial charge in [-0.15, -0.1) is 0 Å². The number of hydrogen-bond acceptors (Lipinski definition) is 4. The second-order valence-corrected chi connectivity index (χ2v) is 4.66. The van der Waals surface area contributed by atoms with Gasteiger partial charge in [-0.05, 0) is 32.5 Å². The summed E-state index contributed by atoms with van der Waals surface area (Å²) < 4.78 is 0. The molecule has 1 amide bonds. The van der Waals surface area contributed by atoms with E-state index in [1.54, 1.807) is 27.0 Å². The van der Waals surface area contributed by atoms with E-state index in [1.165, 1.54) is 6.07 Å². The zero-order valence-corrected chi connectivity index (χ0v) is 11.6. The van der Waals surface area contributed by atoms with E-state index in [1.807, 2.05) is 6.92 Å². The molecule has 19 heavy (non-hydrogen) atoms. The monoisotopic (exact) mass is 265 g/mol. The van der Waals surface area contributed by atoms with E-state index in [0.717, 1.165) is 0 Å². The van der Waals surface area contributed by atoms with Gasteiger partial charge in [-0.1, -0.05) is 6.92 Å². The van der Waals surface area contributed by atoms with E-state index >= 15 is 0 Å². The quantitative estimate of drug-likeness (QED) is 0.630. The van der Waals surface area contributed by atoms with Crippen molar-refractivity contribution < 1.29 is 9.72 Å². The van der Waals surface area contributed by atoms with Crippen LogP contribution < -0.4 is 10.6 Å². The summed E-state index contributed by atoms with van der Waals surface area (Å²) in [7, 11) is 1.78. The van der Waals surface area contributed by atoms with Crippen molar-refractivity contribution in [3.8, 4) is 0 Å². The first-order chi connectivity index (χ1) is 8.86. The van der Waals surface area contributed by atoms with Crippen LogP contribution in [0, 0.1) is 29.9 Å². The molecule has 0 aliphatic carbocycles. The summed E-state index contributed by atoms with van der Waals surface area (Å²) in [6.07, 6.45) is 0. The summed E-state index contributed by atoms with van der Waals surface area (Å²) in [5, 5.41) is 16.5. The third-order valence-electron chi connectivity index (χ3n) is 2.96. The molecule has 0 aliphatic rings. The molecule has 6 heteroatoms. The van der Waals surface area contributed by atoms with Gasteiger partial charge < -0.3 is 10.6 Å². The summed E-state index contributed by atoms with van der Waals surface area (Å²) in [4.78, 5) is 22.3. The maximum atomic E-state index is 11.9. The van der Waals surface area contributed by atoms with Crippen molar-refractivity contribution in [2.45, 2.75) is 20.8 Å². The van der Waals surface area contributed by atoms with Crippen LogP contribution in [0.5, 0.6) is 0 Å². The van der Waals surface area contributed by atoms with Crippen LogP contribution in [0.4, 0.5) is 11.4 Å². The third kappa shape index (κ3) is 3.75. The molecule has 1 unspecified atom stereocenters. The summed E-state index contributed by atoms with van der Waals surface area (Å²) in [5.74, 6) is -0.273. The Labute approximate surface area is 112 Å². The number of nitro groups is 1. The van der Waals surface area contributed by atoms with Crippen LogP contribution in [0.15, 0.2) is 12.1 Å². The summed E-state index contributed by atoms with van der Waals surface area (Å²) >= 11 is 0. The standard InChI is InChI=1S/C13H19N3O3/c1-8-6-12(16(18)19)9(2)5-11(8)15-13(17)10(3)7-14-4/h5-6,10,14H,7H2,1-4H3,(H,15,17). The molecule has 0 aromatic heterocycles. The van der Waals surface area contributed by atoms with E-state index in [0.29, 0.717) is 23.4 Å². The van der Waals surface area contributed by atoms with Crippen LogP contribution in [0.1, 0.15) is 18.1 Å². The van der Waals surface area contributed by atoms with Crippen molar-refractivity contribution in [3.63, 3.8) is 0 Å². The Hall–Kier alpha value is -1.95. The van der Waals surface area contributed by atoms with Crippen molar-refractivity contribution >= 4 is 17.3 Å². The van der Waals surface area contributed by atoms with E-state index in [-0.39, 0.29) is 17.5 Å². The fourth-order valence-electron chi connectivity index (χ4n) is 1.79. The molecule has 2 N–H and O–H groups in total. The first-order valence-corrected chi connectivity index (χ1v) is 6.08. The number of carbonyl (C=O) groups excluding carboxylic acids is 1. The van der Waals surface area contributed by atoms with Crippen molar-refractivity contribution in [2.75, 3.05) is 18.9 Å². The summed E-state index contributed by atoms with van der Waals surface area (Å²) in [6.45, 7) is 5.80. The van der Waals surface area contributed by atoms with Crippen LogP contribution in [0.3, 0.4) is 0 Å². The number of nitro benzene ring substituents is 1. The van der Waals surface area contributed by atoms with Gasteiger partial charge in [0.05, 0.1) is 4.92 Å². The predicted octanol–water partition coefficient (Wildman–Crippen LogP) is 2.01. The summed E-state index contributed by atoms with van der Waals surface area (Å²) in [5.41, 5.74) is 1.91. The molecule has 0 spiro atoms. The predicted molar refractivity (Wildman–Crippen MR) is 74.3 cm³/mol. The van der Waals surface area contributed by atoms with Gasteiger partial charge in [0.1, 0.15) is 0 Å². The van der Waals surface area contributed by atoms with E-state index in [4.69, 9.17) is 0 Å². The zero-order valence-electron chi connectivity index (χ0n) is 11.6. The molecule has 1 rings (SSSR count). The molecule has 0 saturated heterocycles. The maximum absolute atomic E-state index is 11.9. The molecule has 1 aromatic rings. The molecular formula is C13H19N3O3. The first kappa shape index (κ1) is 15.1. The maximum Gasteiger partial charge on any atom is 0.272 e. The molecule has 0 bridgehead atoms. The van der Waals surface area contributed by atoms with Crippen molar-refractivity contribution in [1.29, 1.82) is 0 Å². The Kier molecular flexibility index (Phi) is 5.00. The van der Waals surface area contributed by atoms with Crippen LogP contribution in [0.25, 0.3) is 0 Å². The lowest BCUT2D eigenvalue weighted by Crippen LogP contribution is -2.28. The molecule has 0 saturated carbocycles. The highest BCUT2D eigenvalue weighted by molar-refractivity contribution is 5.93. The number of hydrogen-bond donors (Lipinski definition) is 2. The van der Waals surface area contributed by atoms with Gasteiger partial charge in [0.2, 0.25) is 5.91 Å². The number of nitrogens with zero attached hydrogens (tertiary/aromatic N) is 1. The normalized spacial score (nSPS) is 12.0. The minimum Gasteiger partial charge on any atom is -0.326 e. The Morgan fingerprint density at radius 1 is 1.37 bits per heavy atom. The lowest BCUT2D eigenvalue weighted by Gasteiger charge is -2.14. The van der Waals surface area contributed by atoms with Gasteiger partial charge in [0.15, 0.2) is 0 Å². The smallest absolute Gasteiger partial charge is 0.272 e. The van der Waals surface area contributed by atoms with Gasteiger partial charge >= 0.3 is 0 Å². The third-order valence-corrected chi connectivity index (χ3v) is 2.96. The highest BCUT2D eigenvalue weighted by atomic mass is 16.6. The van der Waals surface area contributed by atoms with Crippen LogP contribution in [0.2, 0.25) is 0 Å². The van der Waals surface area contributed by atoms with Crippen LogP contribution in [-0.2, 0) is 4.79 Å². The molecule has 1 aromatic carbocycles. The Balaban J connectivity index is 2.94. The highest BCUT2D eigenvalue weighted by Crippen LogP contribution is 2.26. The Morgan fingerprint density at radius 3 is 2.53 bits per heavy atom. The summed E-state index contributed by atoms with van der Waals surface area (Å²) in [6, 6.07) is 3.12. The van der Waals surface area contributed by atoms with Crippen molar-refractivity contribution in [2.24, 2.45) is 5.92 Å². The first-order valence-electron chi connectivity index (χ1n) is 6.08. The van der Waals surface area contributed by atoms with Gasteiger partial charge in [-0.2, -0.15) is 0 Å². The number of anilines is 1. The molecular weight excluding hydrogens is 246 g/mol. The number of carbonyl (C=O) groups is 1. The lowest BCUT2D eigenvalue weighted by molar-refractivity contribution is -0.385. The second kappa shape index (κ2) is 6.29. The molecule has 104 valence electrons. The average Bonchev–Trinajstić information content (AvgIpc) is 2.33. The van der Waals surface area contributed by atoms with Crippen LogP contribution >= 0.6 is 0 Å². The molecule has 0 radical (unpaired) electrons. The molecule has 1 atom stereocenters. The van der Waals surface area contributed by atoms with Crippen LogP contribution in [-0.4, -0.2) is 24.4 Å². The van der Waals surface area contributed by atoms with E-state index in [9.17, 15) is 14.9 Å². The fourth-order valence-corrected chi connectivity index (χ4v) is 1.79.